The summed E-state index contributed by atoms with van der Waals surface area (Å²) in [4.78, 5) is 32.2. The van der Waals surface area contributed by atoms with Crippen LogP contribution in [0, 0.1) is 12.8 Å². The van der Waals surface area contributed by atoms with Gasteiger partial charge in [-0.15, -0.1) is 0 Å². The number of carbonyl (C=O) groups excluding carboxylic acids is 1. The molecule has 176 valence electrons. The third-order valence-electron chi connectivity index (χ3n) is 7.23. The van der Waals surface area contributed by atoms with Crippen LogP contribution in [0.5, 0.6) is 5.75 Å². The molecule has 2 aromatic heterocycles. The molecule has 1 aromatic carbocycles. The lowest BCUT2D eigenvalue weighted by Crippen LogP contribution is -2.48. The normalized spacial score (nSPS) is 23.1. The summed E-state index contributed by atoms with van der Waals surface area (Å²) in [6, 6.07) is 6.81. The van der Waals surface area contributed by atoms with E-state index in [1.54, 1.807) is 34.1 Å². The van der Waals surface area contributed by atoms with Crippen LogP contribution >= 0.6 is 0 Å². The van der Waals surface area contributed by atoms with Gasteiger partial charge in [0.1, 0.15) is 17.1 Å². The average Bonchev–Trinajstić information content (AvgIpc) is 3.37. The fourth-order valence-electron chi connectivity index (χ4n) is 5.32. The number of aryl methyl sites for hydroxylation is 1. The van der Waals surface area contributed by atoms with Crippen LogP contribution in [0.25, 0.3) is 5.69 Å². The Hall–Kier alpha value is -3.56. The number of halogens is 3. The molecule has 3 aliphatic rings. The Balaban J connectivity index is 1.32. The first-order chi connectivity index (χ1) is 16.2. The second-order valence-electron chi connectivity index (χ2n) is 9.29. The second kappa shape index (κ2) is 6.97. The van der Waals surface area contributed by atoms with Gasteiger partial charge in [-0.25, -0.2) is 4.98 Å². The molecule has 0 radical (unpaired) electrons. The van der Waals surface area contributed by atoms with Crippen molar-refractivity contribution in [2.24, 2.45) is 5.92 Å². The molecule has 0 spiro atoms. The molecule has 34 heavy (non-hydrogen) atoms. The number of hydrogen-bond donors (Lipinski definition) is 0. The molecule has 0 N–H and O–H groups in total. The number of hydrogen-bond acceptors (Lipinski definition) is 4. The van der Waals surface area contributed by atoms with Crippen molar-refractivity contribution in [2.45, 2.75) is 31.5 Å². The Morgan fingerprint density at radius 1 is 1.18 bits per heavy atom. The molecule has 0 bridgehead atoms. The fourth-order valence-corrected chi connectivity index (χ4v) is 5.32. The smallest absolute Gasteiger partial charge is 0.416 e. The number of aromatic nitrogens is 3. The van der Waals surface area contributed by atoms with Crippen molar-refractivity contribution >= 4 is 5.91 Å². The van der Waals surface area contributed by atoms with Crippen molar-refractivity contribution in [3.8, 4) is 11.4 Å². The highest BCUT2D eigenvalue weighted by Crippen LogP contribution is 2.60. The number of alkyl halides is 3. The van der Waals surface area contributed by atoms with E-state index in [4.69, 9.17) is 4.74 Å². The fraction of sp³-hybridized carbons (Fsp3) is 0.375. The van der Waals surface area contributed by atoms with Crippen molar-refractivity contribution in [2.75, 3.05) is 19.7 Å². The molecule has 3 aromatic rings. The van der Waals surface area contributed by atoms with Gasteiger partial charge in [0.15, 0.2) is 0 Å². The van der Waals surface area contributed by atoms with Gasteiger partial charge in [0.05, 0.1) is 24.2 Å². The Bertz CT molecular complexity index is 1390. The molecule has 6 rings (SSSR count). The Morgan fingerprint density at radius 2 is 2.00 bits per heavy atom. The van der Waals surface area contributed by atoms with Crippen molar-refractivity contribution in [3.63, 3.8) is 0 Å². The summed E-state index contributed by atoms with van der Waals surface area (Å²) in [6.07, 6.45) is -0.494. The minimum absolute atomic E-state index is 0.0623. The summed E-state index contributed by atoms with van der Waals surface area (Å²) < 4.78 is 48.9. The molecule has 0 saturated heterocycles. The summed E-state index contributed by atoms with van der Waals surface area (Å²) in [5, 5.41) is 0. The van der Waals surface area contributed by atoms with Crippen LogP contribution in [0.4, 0.5) is 13.2 Å². The zero-order chi connectivity index (χ0) is 23.8. The van der Waals surface area contributed by atoms with Crippen LogP contribution in [0.3, 0.4) is 0 Å². The largest absolute Gasteiger partial charge is 0.493 e. The number of rotatable bonds is 3. The van der Waals surface area contributed by atoms with E-state index in [9.17, 15) is 22.8 Å². The lowest BCUT2D eigenvalue weighted by atomic mass is 9.88. The molecule has 1 fully saturated rings. The second-order valence-corrected chi connectivity index (χ2v) is 9.29. The highest BCUT2D eigenvalue weighted by molar-refractivity contribution is 5.93. The van der Waals surface area contributed by atoms with Crippen molar-refractivity contribution in [1.29, 1.82) is 0 Å². The van der Waals surface area contributed by atoms with Gasteiger partial charge in [0, 0.05) is 42.7 Å². The molecular weight excluding hydrogens is 449 g/mol. The monoisotopic (exact) mass is 470 g/mol. The van der Waals surface area contributed by atoms with E-state index in [-0.39, 0.29) is 23.1 Å². The Labute approximate surface area is 192 Å². The van der Waals surface area contributed by atoms with Crippen molar-refractivity contribution in [1.82, 2.24) is 19.0 Å². The topological polar surface area (TPSA) is 69.4 Å². The number of nitrogens with zero attached hydrogens (tertiary/aromatic N) is 4. The third kappa shape index (κ3) is 3.08. The number of ether oxygens (including phenoxy) is 1. The molecular formula is C24H21F3N4O3. The SMILES string of the molecule is Cc1cn(-c2ccc3n(c2=O)CCN(C[C@@]24CC2COc2ccc(C(F)(F)F)cc24)C3=O)cn1. The van der Waals surface area contributed by atoms with Gasteiger partial charge in [-0.05, 0) is 43.7 Å². The summed E-state index contributed by atoms with van der Waals surface area (Å²) in [7, 11) is 0. The van der Waals surface area contributed by atoms with E-state index in [1.165, 1.54) is 16.7 Å². The van der Waals surface area contributed by atoms with Gasteiger partial charge in [0.2, 0.25) is 0 Å². The number of pyridine rings is 1. The van der Waals surface area contributed by atoms with Crippen molar-refractivity contribution < 1.29 is 22.7 Å². The van der Waals surface area contributed by atoms with Gasteiger partial charge in [-0.2, -0.15) is 13.2 Å². The number of benzene rings is 1. The minimum atomic E-state index is -4.45. The quantitative estimate of drug-likeness (QED) is 0.590. The van der Waals surface area contributed by atoms with E-state index < -0.39 is 17.2 Å². The van der Waals surface area contributed by atoms with Crippen LogP contribution in [-0.4, -0.2) is 44.6 Å². The molecule has 2 aliphatic heterocycles. The molecule has 1 amide bonds. The average molecular weight is 470 g/mol. The number of fused-ring (bicyclic) bond motifs is 4. The van der Waals surface area contributed by atoms with E-state index in [2.05, 4.69) is 4.98 Å². The first kappa shape index (κ1) is 21.0. The molecule has 7 nitrogen and oxygen atoms in total. The highest BCUT2D eigenvalue weighted by atomic mass is 19.4. The minimum Gasteiger partial charge on any atom is -0.493 e. The van der Waals surface area contributed by atoms with Crippen LogP contribution in [0.1, 0.15) is 33.7 Å². The maximum atomic E-state index is 13.4. The van der Waals surface area contributed by atoms with Gasteiger partial charge < -0.3 is 18.8 Å². The van der Waals surface area contributed by atoms with Gasteiger partial charge in [0.25, 0.3) is 11.5 Å². The predicted molar refractivity (Wildman–Crippen MR) is 115 cm³/mol. The highest BCUT2D eigenvalue weighted by Gasteiger charge is 2.60. The first-order valence-corrected chi connectivity index (χ1v) is 11.1. The zero-order valence-corrected chi connectivity index (χ0v) is 18.3. The predicted octanol–water partition coefficient (Wildman–Crippen LogP) is 3.17. The van der Waals surface area contributed by atoms with Crippen LogP contribution < -0.4 is 10.3 Å². The molecule has 1 saturated carbocycles. The van der Waals surface area contributed by atoms with Gasteiger partial charge in [-0.3, -0.25) is 9.59 Å². The number of amides is 1. The van der Waals surface area contributed by atoms with Crippen LogP contribution in [0.2, 0.25) is 0 Å². The van der Waals surface area contributed by atoms with E-state index in [0.717, 1.165) is 11.8 Å². The lowest BCUT2D eigenvalue weighted by Gasteiger charge is -2.35. The number of imidazole rings is 1. The van der Waals surface area contributed by atoms with E-state index in [1.807, 2.05) is 6.92 Å². The Kier molecular flexibility index (Phi) is 4.31. The summed E-state index contributed by atoms with van der Waals surface area (Å²) in [5.41, 5.74) is 0.420. The van der Waals surface area contributed by atoms with E-state index in [0.29, 0.717) is 49.7 Å². The summed E-state index contributed by atoms with van der Waals surface area (Å²) in [5.74, 6) is 0.215. The summed E-state index contributed by atoms with van der Waals surface area (Å²) >= 11 is 0. The maximum Gasteiger partial charge on any atom is 0.416 e. The first-order valence-electron chi connectivity index (χ1n) is 11.1. The zero-order valence-electron chi connectivity index (χ0n) is 18.3. The van der Waals surface area contributed by atoms with Crippen LogP contribution in [-0.2, 0) is 18.1 Å². The number of carbonyl (C=O) groups is 1. The summed E-state index contributed by atoms with van der Waals surface area (Å²) in [6.45, 7) is 3.16. The maximum absolute atomic E-state index is 13.4. The molecule has 1 aliphatic carbocycles. The van der Waals surface area contributed by atoms with Crippen LogP contribution in [0.15, 0.2) is 47.7 Å². The Morgan fingerprint density at radius 3 is 2.74 bits per heavy atom. The van der Waals surface area contributed by atoms with E-state index >= 15 is 0 Å². The molecule has 2 atom stereocenters. The third-order valence-corrected chi connectivity index (χ3v) is 7.23. The standard InChI is InChI=1S/C24H21F3N4O3/c1-14-10-30(13-28-14)18-3-4-19-21(32)29(6-7-31(19)22(18)33)12-23-9-16(23)11-34-20-5-2-15(8-17(20)23)24(25,26)27/h2-5,8,10,13,16H,6-7,9,11-12H2,1H3/t16?,23-/m0/s1. The molecule has 1 unspecified atom stereocenters. The lowest BCUT2D eigenvalue weighted by molar-refractivity contribution is -0.137. The van der Waals surface area contributed by atoms with Gasteiger partial charge >= 0.3 is 6.18 Å². The molecule has 10 heteroatoms. The van der Waals surface area contributed by atoms with Gasteiger partial charge in [-0.1, -0.05) is 0 Å². The molecule has 4 heterocycles. The van der Waals surface area contributed by atoms with Crippen molar-refractivity contribution in [3.05, 3.63) is 75.7 Å².